The van der Waals surface area contributed by atoms with Gasteiger partial charge in [-0.15, -0.1) is 0 Å². The lowest BCUT2D eigenvalue weighted by molar-refractivity contribution is 0.122. The van der Waals surface area contributed by atoms with E-state index in [1.807, 2.05) is 6.07 Å². The van der Waals surface area contributed by atoms with E-state index in [-0.39, 0.29) is 5.71 Å². The van der Waals surface area contributed by atoms with Gasteiger partial charge in [0.2, 0.25) is 0 Å². The molecule has 26 heavy (non-hydrogen) atoms. The van der Waals surface area contributed by atoms with Crippen LogP contribution in [-0.4, -0.2) is 62.3 Å². The molecule has 138 valence electrons. The predicted octanol–water partition coefficient (Wildman–Crippen LogP) is 1.34. The van der Waals surface area contributed by atoms with Crippen molar-refractivity contribution in [3.8, 4) is 5.75 Å². The molecule has 3 rings (SSSR count). The summed E-state index contributed by atoms with van der Waals surface area (Å²) in [5, 5.41) is 8.54. The van der Waals surface area contributed by atoms with Gasteiger partial charge in [0.25, 0.3) is 0 Å². The first-order chi connectivity index (χ1) is 12.7. The summed E-state index contributed by atoms with van der Waals surface area (Å²) in [6.07, 6.45) is 1.48. The molecule has 0 spiro atoms. The first kappa shape index (κ1) is 18.1. The number of ether oxygens (including phenoxy) is 3. The molecule has 0 bridgehead atoms. The molecule has 2 aromatic rings. The second-order valence-corrected chi connectivity index (χ2v) is 5.83. The molecule has 8 heteroatoms. The number of nitrogen functional groups attached to an aromatic ring is 1. The fourth-order valence-corrected chi connectivity index (χ4v) is 2.67. The zero-order chi connectivity index (χ0) is 18.4. The summed E-state index contributed by atoms with van der Waals surface area (Å²) in [6, 6.07) is 7.08. The minimum absolute atomic E-state index is 0.233. The van der Waals surface area contributed by atoms with Crippen molar-refractivity contribution < 1.29 is 14.2 Å². The zero-order valence-corrected chi connectivity index (χ0v) is 14.8. The highest BCUT2D eigenvalue weighted by Gasteiger charge is 2.16. The fourth-order valence-electron chi connectivity index (χ4n) is 2.67. The molecule has 0 amide bonds. The molecule has 1 aromatic carbocycles. The van der Waals surface area contributed by atoms with Gasteiger partial charge in [0, 0.05) is 37.5 Å². The van der Waals surface area contributed by atoms with Crippen molar-refractivity contribution in [2.24, 2.45) is 0 Å². The van der Waals surface area contributed by atoms with Crippen LogP contribution in [0, 0.1) is 5.41 Å². The first-order valence-corrected chi connectivity index (χ1v) is 8.44. The highest BCUT2D eigenvalue weighted by atomic mass is 16.5. The topological polar surface area (TPSA) is 107 Å². The number of anilines is 2. The average Bonchev–Trinajstić information content (AvgIpc) is 2.70. The molecule has 1 aromatic heterocycles. The molecule has 1 saturated heterocycles. The van der Waals surface area contributed by atoms with Gasteiger partial charge in [-0.1, -0.05) is 0 Å². The lowest BCUT2D eigenvalue weighted by Crippen LogP contribution is -2.36. The summed E-state index contributed by atoms with van der Waals surface area (Å²) in [7, 11) is 1.62. The Morgan fingerprint density at radius 3 is 2.81 bits per heavy atom. The molecule has 8 nitrogen and oxygen atoms in total. The number of nitrogens with one attached hydrogen (secondary N) is 1. The fraction of sp³-hybridized carbons (Fsp3) is 0.389. The van der Waals surface area contributed by atoms with Crippen LogP contribution in [0.4, 0.5) is 11.5 Å². The maximum atomic E-state index is 8.54. The standard InChI is InChI=1S/C18H23N5O3/c1-24-8-9-26-13-2-3-15(19)14(10-13)18(20)16-11-17(22-12-21-16)23-4-6-25-7-5-23/h2-3,10-12,20H,4-9,19H2,1H3. The van der Waals surface area contributed by atoms with E-state index < -0.39 is 0 Å². The summed E-state index contributed by atoms with van der Waals surface area (Å²) >= 11 is 0. The van der Waals surface area contributed by atoms with E-state index in [4.69, 9.17) is 25.4 Å². The molecule has 1 aliphatic heterocycles. The van der Waals surface area contributed by atoms with Gasteiger partial charge in [-0.25, -0.2) is 9.97 Å². The molecule has 0 radical (unpaired) electrons. The predicted molar refractivity (Wildman–Crippen MR) is 99.2 cm³/mol. The van der Waals surface area contributed by atoms with Crippen LogP contribution in [0.1, 0.15) is 11.3 Å². The van der Waals surface area contributed by atoms with Crippen molar-refractivity contribution >= 4 is 17.2 Å². The van der Waals surface area contributed by atoms with Crippen LogP contribution in [0.25, 0.3) is 0 Å². The van der Waals surface area contributed by atoms with Crippen LogP contribution >= 0.6 is 0 Å². The number of morpholine rings is 1. The van der Waals surface area contributed by atoms with E-state index in [1.165, 1.54) is 6.33 Å². The Hall–Kier alpha value is -2.71. The van der Waals surface area contributed by atoms with Crippen molar-refractivity contribution in [2.75, 3.05) is 57.3 Å². The number of nitrogens with two attached hydrogens (primary N) is 1. The second-order valence-electron chi connectivity index (χ2n) is 5.83. The Bertz CT molecular complexity index is 762. The summed E-state index contributed by atoms with van der Waals surface area (Å²) in [4.78, 5) is 10.7. The molecule has 0 unspecified atom stereocenters. The summed E-state index contributed by atoms with van der Waals surface area (Å²) in [5.41, 5.74) is 7.90. The zero-order valence-electron chi connectivity index (χ0n) is 14.8. The second kappa shape index (κ2) is 8.59. The van der Waals surface area contributed by atoms with Crippen LogP contribution in [0.3, 0.4) is 0 Å². The van der Waals surface area contributed by atoms with Crippen molar-refractivity contribution in [1.82, 2.24) is 9.97 Å². The van der Waals surface area contributed by atoms with Gasteiger partial charge in [0.15, 0.2) is 0 Å². The van der Waals surface area contributed by atoms with Gasteiger partial charge in [-0.2, -0.15) is 0 Å². The van der Waals surface area contributed by atoms with Crippen LogP contribution in [0.15, 0.2) is 30.6 Å². The first-order valence-electron chi connectivity index (χ1n) is 8.44. The molecule has 2 heterocycles. The molecular formula is C18H23N5O3. The summed E-state index contributed by atoms with van der Waals surface area (Å²) in [6.45, 7) is 3.81. The van der Waals surface area contributed by atoms with Crippen molar-refractivity contribution in [1.29, 1.82) is 5.41 Å². The van der Waals surface area contributed by atoms with Crippen molar-refractivity contribution in [3.63, 3.8) is 0 Å². The van der Waals surface area contributed by atoms with E-state index in [0.717, 1.165) is 18.9 Å². The molecule has 1 fully saturated rings. The summed E-state index contributed by atoms with van der Waals surface area (Å²) in [5.74, 6) is 1.42. The normalized spacial score (nSPS) is 14.3. The Morgan fingerprint density at radius 2 is 2.04 bits per heavy atom. The molecule has 0 aliphatic carbocycles. The van der Waals surface area contributed by atoms with E-state index in [1.54, 1.807) is 25.3 Å². The van der Waals surface area contributed by atoms with E-state index in [9.17, 15) is 0 Å². The van der Waals surface area contributed by atoms with Gasteiger partial charge < -0.3 is 24.8 Å². The minimum atomic E-state index is 0.233. The van der Waals surface area contributed by atoms with E-state index >= 15 is 0 Å². The van der Waals surface area contributed by atoms with Gasteiger partial charge in [-0.05, 0) is 18.2 Å². The number of rotatable bonds is 7. The van der Waals surface area contributed by atoms with Crippen molar-refractivity contribution in [2.45, 2.75) is 0 Å². The van der Waals surface area contributed by atoms with Crippen LogP contribution in [-0.2, 0) is 9.47 Å². The molecular weight excluding hydrogens is 334 g/mol. The molecule has 0 atom stereocenters. The van der Waals surface area contributed by atoms with Crippen LogP contribution in [0.2, 0.25) is 0 Å². The third-order valence-electron chi connectivity index (χ3n) is 4.09. The molecule has 3 N–H and O–H groups in total. The Morgan fingerprint density at radius 1 is 1.23 bits per heavy atom. The van der Waals surface area contributed by atoms with Crippen molar-refractivity contribution in [3.05, 3.63) is 41.9 Å². The highest BCUT2D eigenvalue weighted by molar-refractivity contribution is 6.13. The van der Waals surface area contributed by atoms with Crippen LogP contribution in [0.5, 0.6) is 5.75 Å². The number of benzene rings is 1. The Balaban J connectivity index is 1.81. The number of hydrogen-bond donors (Lipinski definition) is 2. The Labute approximate surface area is 152 Å². The number of nitrogens with zero attached hydrogens (tertiary/aromatic N) is 3. The SMILES string of the molecule is COCCOc1ccc(N)c(C(=N)c2cc(N3CCOCC3)ncn2)c1. The number of aromatic nitrogens is 2. The third-order valence-corrected chi connectivity index (χ3v) is 4.09. The summed E-state index contributed by atoms with van der Waals surface area (Å²) < 4.78 is 16.0. The van der Waals surface area contributed by atoms with Gasteiger partial charge in [-0.3, -0.25) is 5.41 Å². The number of hydrogen-bond acceptors (Lipinski definition) is 8. The maximum absolute atomic E-state index is 8.54. The van der Waals surface area contributed by atoms with Gasteiger partial charge >= 0.3 is 0 Å². The molecule has 0 saturated carbocycles. The number of methoxy groups -OCH3 is 1. The monoisotopic (exact) mass is 357 g/mol. The largest absolute Gasteiger partial charge is 0.491 e. The lowest BCUT2D eigenvalue weighted by Gasteiger charge is -2.27. The van der Waals surface area contributed by atoms with Gasteiger partial charge in [0.05, 0.1) is 31.2 Å². The maximum Gasteiger partial charge on any atom is 0.132 e. The van der Waals surface area contributed by atoms with E-state index in [0.29, 0.717) is 49.1 Å². The van der Waals surface area contributed by atoms with Crippen LogP contribution < -0.4 is 15.4 Å². The lowest BCUT2D eigenvalue weighted by atomic mass is 10.0. The third kappa shape index (κ3) is 4.27. The van der Waals surface area contributed by atoms with E-state index in [2.05, 4.69) is 14.9 Å². The van der Waals surface area contributed by atoms with Gasteiger partial charge in [0.1, 0.15) is 24.5 Å². The highest BCUT2D eigenvalue weighted by Crippen LogP contribution is 2.23. The smallest absolute Gasteiger partial charge is 0.132 e. The minimum Gasteiger partial charge on any atom is -0.491 e. The average molecular weight is 357 g/mol. The quantitative estimate of drug-likeness (QED) is 0.437. The Kier molecular flexibility index (Phi) is 5.98. The molecule has 1 aliphatic rings.